The molecule has 0 radical (unpaired) electrons. The minimum atomic E-state index is 0.0882. The van der Waals surface area contributed by atoms with Gasteiger partial charge < -0.3 is 19.4 Å². The average molecular weight is 339 g/mol. The summed E-state index contributed by atoms with van der Waals surface area (Å²) in [4.78, 5) is 19.0. The van der Waals surface area contributed by atoms with Gasteiger partial charge in [0.05, 0.1) is 7.11 Å². The summed E-state index contributed by atoms with van der Waals surface area (Å²) in [5.41, 5.74) is 3.11. The van der Waals surface area contributed by atoms with Gasteiger partial charge in [-0.2, -0.15) is 0 Å². The van der Waals surface area contributed by atoms with E-state index in [1.54, 1.807) is 7.11 Å². The van der Waals surface area contributed by atoms with Gasteiger partial charge in [0.15, 0.2) is 0 Å². The van der Waals surface area contributed by atoms with Crippen LogP contribution in [0, 0.1) is 0 Å². The SMILES string of the molecule is COc1ccc(C(=O)N2CCN(c3ccc(N(C)C)cc3)CC2)cc1. The van der Waals surface area contributed by atoms with E-state index in [0.717, 1.165) is 31.9 Å². The van der Waals surface area contributed by atoms with Crippen LogP contribution in [-0.4, -0.2) is 58.2 Å². The summed E-state index contributed by atoms with van der Waals surface area (Å²) < 4.78 is 5.15. The number of rotatable bonds is 4. The van der Waals surface area contributed by atoms with Gasteiger partial charge in [-0.1, -0.05) is 0 Å². The van der Waals surface area contributed by atoms with Crippen molar-refractivity contribution in [2.75, 3.05) is 57.2 Å². The molecule has 1 fully saturated rings. The zero-order valence-corrected chi connectivity index (χ0v) is 15.1. The number of ether oxygens (including phenoxy) is 1. The lowest BCUT2D eigenvalue weighted by Crippen LogP contribution is -2.48. The van der Waals surface area contributed by atoms with Gasteiger partial charge in [0, 0.05) is 57.2 Å². The Bertz CT molecular complexity index is 703. The fourth-order valence-electron chi connectivity index (χ4n) is 3.05. The van der Waals surface area contributed by atoms with E-state index in [1.165, 1.54) is 11.4 Å². The minimum Gasteiger partial charge on any atom is -0.497 e. The Kier molecular flexibility index (Phi) is 5.12. The molecule has 0 saturated carbocycles. The maximum absolute atomic E-state index is 12.6. The van der Waals surface area contributed by atoms with Gasteiger partial charge in [-0.3, -0.25) is 4.79 Å². The highest BCUT2D eigenvalue weighted by molar-refractivity contribution is 5.94. The first-order chi connectivity index (χ1) is 12.1. The Morgan fingerprint density at radius 3 is 2.04 bits per heavy atom. The van der Waals surface area contributed by atoms with E-state index in [-0.39, 0.29) is 5.91 Å². The summed E-state index contributed by atoms with van der Waals surface area (Å²) >= 11 is 0. The van der Waals surface area contributed by atoms with Crippen LogP contribution in [0.3, 0.4) is 0 Å². The largest absolute Gasteiger partial charge is 0.497 e. The predicted molar refractivity (Wildman–Crippen MR) is 102 cm³/mol. The van der Waals surface area contributed by atoms with E-state index >= 15 is 0 Å². The number of methoxy groups -OCH3 is 1. The number of piperazine rings is 1. The average Bonchev–Trinajstić information content (AvgIpc) is 2.67. The molecule has 0 atom stereocenters. The molecule has 25 heavy (non-hydrogen) atoms. The van der Waals surface area contributed by atoms with Crippen molar-refractivity contribution in [3.05, 3.63) is 54.1 Å². The van der Waals surface area contributed by atoms with E-state index in [2.05, 4.69) is 34.1 Å². The third-order valence-corrected chi connectivity index (χ3v) is 4.64. The first-order valence-electron chi connectivity index (χ1n) is 8.54. The third kappa shape index (κ3) is 3.87. The summed E-state index contributed by atoms with van der Waals surface area (Å²) in [5, 5.41) is 0. The Morgan fingerprint density at radius 2 is 1.52 bits per heavy atom. The molecule has 0 unspecified atom stereocenters. The lowest BCUT2D eigenvalue weighted by molar-refractivity contribution is 0.0747. The normalized spacial score (nSPS) is 14.4. The van der Waals surface area contributed by atoms with Crippen molar-refractivity contribution in [1.29, 1.82) is 0 Å². The molecule has 0 N–H and O–H groups in total. The molecule has 1 aliphatic rings. The molecule has 3 rings (SSSR count). The Morgan fingerprint density at radius 1 is 0.920 bits per heavy atom. The highest BCUT2D eigenvalue weighted by atomic mass is 16.5. The second-order valence-electron chi connectivity index (χ2n) is 6.42. The van der Waals surface area contributed by atoms with Crippen LogP contribution in [0.4, 0.5) is 11.4 Å². The number of hydrogen-bond donors (Lipinski definition) is 0. The van der Waals surface area contributed by atoms with Crippen LogP contribution in [0.1, 0.15) is 10.4 Å². The standard InChI is InChI=1S/C20H25N3O2/c1-21(2)17-6-8-18(9-7-17)22-12-14-23(15-13-22)20(24)16-4-10-19(25-3)11-5-16/h4-11H,12-15H2,1-3H3. The summed E-state index contributed by atoms with van der Waals surface area (Å²) in [6.45, 7) is 3.17. The highest BCUT2D eigenvalue weighted by Crippen LogP contribution is 2.21. The molecule has 0 aliphatic carbocycles. The molecule has 132 valence electrons. The van der Waals surface area contributed by atoms with Crippen LogP contribution in [0.25, 0.3) is 0 Å². The lowest BCUT2D eigenvalue weighted by atomic mass is 10.1. The van der Waals surface area contributed by atoms with Crippen LogP contribution >= 0.6 is 0 Å². The van der Waals surface area contributed by atoms with E-state index < -0.39 is 0 Å². The summed E-state index contributed by atoms with van der Waals surface area (Å²) in [6, 6.07) is 15.9. The zero-order valence-electron chi connectivity index (χ0n) is 15.1. The van der Waals surface area contributed by atoms with E-state index in [4.69, 9.17) is 4.74 Å². The van der Waals surface area contributed by atoms with Crippen molar-refractivity contribution in [3.8, 4) is 5.75 Å². The van der Waals surface area contributed by atoms with Gasteiger partial charge in [0.25, 0.3) is 5.91 Å². The van der Waals surface area contributed by atoms with Crippen molar-refractivity contribution in [3.63, 3.8) is 0 Å². The Labute approximate surface area is 149 Å². The van der Waals surface area contributed by atoms with Gasteiger partial charge in [0.1, 0.15) is 5.75 Å². The molecule has 0 aromatic heterocycles. The van der Waals surface area contributed by atoms with Crippen molar-refractivity contribution in [2.24, 2.45) is 0 Å². The van der Waals surface area contributed by atoms with Gasteiger partial charge >= 0.3 is 0 Å². The number of anilines is 2. The van der Waals surface area contributed by atoms with Crippen molar-refractivity contribution in [2.45, 2.75) is 0 Å². The van der Waals surface area contributed by atoms with Crippen LogP contribution < -0.4 is 14.5 Å². The van der Waals surface area contributed by atoms with Gasteiger partial charge in [-0.25, -0.2) is 0 Å². The quantitative estimate of drug-likeness (QED) is 0.858. The maximum atomic E-state index is 12.6. The van der Waals surface area contributed by atoms with Crippen LogP contribution in [0.2, 0.25) is 0 Å². The van der Waals surface area contributed by atoms with E-state index in [0.29, 0.717) is 5.56 Å². The van der Waals surface area contributed by atoms with Crippen LogP contribution in [0.15, 0.2) is 48.5 Å². The molecular weight excluding hydrogens is 314 g/mol. The lowest BCUT2D eigenvalue weighted by Gasteiger charge is -2.36. The molecule has 1 heterocycles. The second kappa shape index (κ2) is 7.47. The summed E-state index contributed by atoms with van der Waals surface area (Å²) in [7, 11) is 5.71. The monoisotopic (exact) mass is 339 g/mol. The number of amides is 1. The predicted octanol–water partition coefficient (Wildman–Crippen LogP) is 2.72. The number of nitrogens with zero attached hydrogens (tertiary/aromatic N) is 3. The molecule has 0 bridgehead atoms. The third-order valence-electron chi connectivity index (χ3n) is 4.64. The van der Waals surface area contributed by atoms with Gasteiger partial charge in [-0.05, 0) is 48.5 Å². The molecule has 1 saturated heterocycles. The zero-order chi connectivity index (χ0) is 17.8. The number of hydrogen-bond acceptors (Lipinski definition) is 4. The van der Waals surface area contributed by atoms with Crippen LogP contribution in [0.5, 0.6) is 5.75 Å². The summed E-state index contributed by atoms with van der Waals surface area (Å²) in [6.07, 6.45) is 0. The Hall–Kier alpha value is -2.69. The van der Waals surface area contributed by atoms with Crippen molar-refractivity contribution < 1.29 is 9.53 Å². The molecule has 2 aromatic carbocycles. The molecule has 1 aliphatic heterocycles. The molecule has 0 spiro atoms. The molecular formula is C20H25N3O2. The fraction of sp³-hybridized carbons (Fsp3) is 0.350. The Balaban J connectivity index is 1.60. The van der Waals surface area contributed by atoms with Gasteiger partial charge in [0.2, 0.25) is 0 Å². The van der Waals surface area contributed by atoms with Gasteiger partial charge in [-0.15, -0.1) is 0 Å². The smallest absolute Gasteiger partial charge is 0.253 e. The number of carbonyl (C=O) groups is 1. The van der Waals surface area contributed by atoms with E-state index in [1.807, 2.05) is 43.3 Å². The molecule has 5 heteroatoms. The van der Waals surface area contributed by atoms with Crippen LogP contribution in [-0.2, 0) is 0 Å². The topological polar surface area (TPSA) is 36.0 Å². The number of carbonyl (C=O) groups excluding carboxylic acids is 1. The number of benzene rings is 2. The summed E-state index contributed by atoms with van der Waals surface area (Å²) in [5.74, 6) is 0.854. The first kappa shape index (κ1) is 17.1. The maximum Gasteiger partial charge on any atom is 0.253 e. The van der Waals surface area contributed by atoms with Crippen molar-refractivity contribution in [1.82, 2.24) is 4.90 Å². The first-order valence-corrected chi connectivity index (χ1v) is 8.54. The van der Waals surface area contributed by atoms with Crippen molar-refractivity contribution >= 4 is 17.3 Å². The fourth-order valence-corrected chi connectivity index (χ4v) is 3.05. The second-order valence-corrected chi connectivity index (χ2v) is 6.42. The minimum absolute atomic E-state index is 0.0882. The molecule has 5 nitrogen and oxygen atoms in total. The highest BCUT2D eigenvalue weighted by Gasteiger charge is 2.22. The molecule has 2 aromatic rings. The van der Waals surface area contributed by atoms with E-state index in [9.17, 15) is 4.79 Å². The molecule has 1 amide bonds.